The molecule has 50 valence electrons. The highest BCUT2D eigenvalue weighted by atomic mass is 19.1. The van der Waals surface area contributed by atoms with Crippen molar-refractivity contribution in [3.05, 3.63) is 0 Å². The molecule has 0 aromatic rings. The average Bonchev–Trinajstić information content (AvgIpc) is 1.59. The lowest BCUT2D eigenvalue weighted by atomic mass is 10.1. The predicted molar refractivity (Wildman–Crippen MR) is 33.5 cm³/mol. The van der Waals surface area contributed by atoms with Crippen LogP contribution in [0.3, 0.4) is 0 Å². The number of nitrogens with two attached hydrogens (primary N) is 1. The third kappa shape index (κ3) is 5.89. The molecule has 1 nitrogen and oxygen atoms in total. The summed E-state index contributed by atoms with van der Waals surface area (Å²) in [4.78, 5) is 0. The van der Waals surface area contributed by atoms with Crippen LogP contribution in [-0.4, -0.2) is 12.2 Å². The van der Waals surface area contributed by atoms with Crippen molar-refractivity contribution in [3.63, 3.8) is 0 Å². The summed E-state index contributed by atoms with van der Waals surface area (Å²) in [5.41, 5.74) is 4.14. The second kappa shape index (κ2) is 3.02. The minimum Gasteiger partial charge on any atom is -0.330 e. The Labute approximate surface area is 50.1 Å². The molecule has 0 atom stereocenters. The highest BCUT2D eigenvalue weighted by molar-refractivity contribution is 4.64. The number of rotatable bonds is 3. The lowest BCUT2D eigenvalue weighted by Gasteiger charge is -2.11. The van der Waals surface area contributed by atoms with Gasteiger partial charge in [-0.1, -0.05) is 0 Å². The van der Waals surface area contributed by atoms with Gasteiger partial charge in [0.1, 0.15) is 5.67 Å². The minimum absolute atomic E-state index is 0.573. The maximum Gasteiger partial charge on any atom is 0.105 e. The van der Waals surface area contributed by atoms with Crippen LogP contribution in [0.5, 0.6) is 0 Å². The van der Waals surface area contributed by atoms with E-state index in [9.17, 15) is 4.39 Å². The van der Waals surface area contributed by atoms with E-state index >= 15 is 0 Å². The van der Waals surface area contributed by atoms with Crippen molar-refractivity contribution in [3.8, 4) is 0 Å². The zero-order chi connectivity index (χ0) is 6.62. The summed E-state index contributed by atoms with van der Waals surface area (Å²) in [5.74, 6) is 0. The Morgan fingerprint density at radius 2 is 2.00 bits per heavy atom. The summed E-state index contributed by atoms with van der Waals surface area (Å²) in [5, 5.41) is 0. The van der Waals surface area contributed by atoms with Crippen LogP contribution in [0.4, 0.5) is 4.39 Å². The lowest BCUT2D eigenvalue weighted by Crippen LogP contribution is -2.13. The molecule has 0 rings (SSSR count). The van der Waals surface area contributed by atoms with Crippen molar-refractivity contribution in [2.45, 2.75) is 32.4 Å². The monoisotopic (exact) mass is 119 g/mol. The van der Waals surface area contributed by atoms with Gasteiger partial charge in [-0.2, -0.15) is 0 Å². The van der Waals surface area contributed by atoms with E-state index in [-0.39, 0.29) is 0 Å². The smallest absolute Gasteiger partial charge is 0.105 e. The molecule has 8 heavy (non-hydrogen) atoms. The molecule has 0 heterocycles. The van der Waals surface area contributed by atoms with Gasteiger partial charge < -0.3 is 5.73 Å². The van der Waals surface area contributed by atoms with Crippen LogP contribution in [0.2, 0.25) is 0 Å². The van der Waals surface area contributed by atoms with E-state index in [0.29, 0.717) is 13.0 Å². The topological polar surface area (TPSA) is 26.0 Å². The molecular formula is C6H14FN. The number of hydrogen-bond donors (Lipinski definition) is 1. The molecule has 0 aliphatic rings. The van der Waals surface area contributed by atoms with Gasteiger partial charge in [0.2, 0.25) is 0 Å². The first-order valence-corrected chi connectivity index (χ1v) is 2.95. The molecule has 0 saturated carbocycles. The standard InChI is InChI=1S/C6H14FN/c1-6(2,7)4-3-5-8/h3-5,8H2,1-2H3. The summed E-state index contributed by atoms with van der Waals surface area (Å²) < 4.78 is 12.5. The van der Waals surface area contributed by atoms with Crippen LogP contribution in [0.25, 0.3) is 0 Å². The quantitative estimate of drug-likeness (QED) is 0.598. The molecule has 0 bridgehead atoms. The molecule has 0 saturated heterocycles. The van der Waals surface area contributed by atoms with Gasteiger partial charge in [-0.25, -0.2) is 4.39 Å². The zero-order valence-corrected chi connectivity index (χ0v) is 5.58. The molecule has 2 N–H and O–H groups in total. The molecule has 0 aromatic carbocycles. The first-order chi connectivity index (χ1) is 3.56. The van der Waals surface area contributed by atoms with Crippen molar-refractivity contribution < 1.29 is 4.39 Å². The molecule has 0 aliphatic carbocycles. The highest BCUT2D eigenvalue weighted by Gasteiger charge is 2.12. The predicted octanol–water partition coefficient (Wildman–Crippen LogP) is 1.47. The number of hydrogen-bond acceptors (Lipinski definition) is 1. The second-order valence-corrected chi connectivity index (χ2v) is 2.61. The van der Waals surface area contributed by atoms with E-state index in [0.717, 1.165) is 6.42 Å². The Morgan fingerprint density at radius 1 is 1.50 bits per heavy atom. The molecular weight excluding hydrogens is 105 g/mol. The van der Waals surface area contributed by atoms with Crippen molar-refractivity contribution in [2.24, 2.45) is 5.73 Å². The summed E-state index contributed by atoms with van der Waals surface area (Å²) >= 11 is 0. The van der Waals surface area contributed by atoms with Crippen LogP contribution in [0, 0.1) is 0 Å². The highest BCUT2D eigenvalue weighted by Crippen LogP contribution is 2.14. The van der Waals surface area contributed by atoms with Gasteiger partial charge in [-0.3, -0.25) is 0 Å². The fourth-order valence-corrected chi connectivity index (χ4v) is 0.522. The maximum atomic E-state index is 12.5. The van der Waals surface area contributed by atoms with Gasteiger partial charge in [-0.15, -0.1) is 0 Å². The SMILES string of the molecule is CC(C)(F)CCCN. The number of halogens is 1. The van der Waals surface area contributed by atoms with Gasteiger partial charge in [0.15, 0.2) is 0 Å². The van der Waals surface area contributed by atoms with Gasteiger partial charge >= 0.3 is 0 Å². The summed E-state index contributed by atoms with van der Waals surface area (Å²) in [6, 6.07) is 0. The summed E-state index contributed by atoms with van der Waals surface area (Å²) in [6.45, 7) is 3.73. The van der Waals surface area contributed by atoms with Crippen LogP contribution in [-0.2, 0) is 0 Å². The van der Waals surface area contributed by atoms with Crippen LogP contribution in [0.1, 0.15) is 26.7 Å². The Balaban J connectivity index is 3.11. The van der Waals surface area contributed by atoms with Crippen molar-refractivity contribution in [1.29, 1.82) is 0 Å². The van der Waals surface area contributed by atoms with E-state index in [2.05, 4.69) is 0 Å². The van der Waals surface area contributed by atoms with E-state index < -0.39 is 5.67 Å². The van der Waals surface area contributed by atoms with E-state index in [1.165, 1.54) is 0 Å². The third-order valence-electron chi connectivity index (χ3n) is 0.975. The first kappa shape index (κ1) is 7.89. The first-order valence-electron chi connectivity index (χ1n) is 2.95. The fraction of sp³-hybridized carbons (Fsp3) is 1.00. The van der Waals surface area contributed by atoms with E-state index in [1.807, 2.05) is 0 Å². The fourth-order valence-electron chi connectivity index (χ4n) is 0.522. The molecule has 0 spiro atoms. The molecule has 0 amide bonds. The normalized spacial score (nSPS) is 12.0. The Morgan fingerprint density at radius 3 is 2.12 bits per heavy atom. The van der Waals surface area contributed by atoms with Crippen molar-refractivity contribution in [1.82, 2.24) is 0 Å². The Kier molecular flexibility index (Phi) is 2.98. The molecule has 0 radical (unpaired) electrons. The van der Waals surface area contributed by atoms with Crippen LogP contribution in [0.15, 0.2) is 0 Å². The summed E-state index contributed by atoms with van der Waals surface area (Å²) in [7, 11) is 0. The lowest BCUT2D eigenvalue weighted by molar-refractivity contribution is 0.198. The van der Waals surface area contributed by atoms with Gasteiger partial charge in [-0.05, 0) is 33.2 Å². The third-order valence-corrected chi connectivity index (χ3v) is 0.975. The van der Waals surface area contributed by atoms with Gasteiger partial charge in [0.25, 0.3) is 0 Å². The van der Waals surface area contributed by atoms with Crippen LogP contribution >= 0.6 is 0 Å². The van der Waals surface area contributed by atoms with Gasteiger partial charge in [0.05, 0.1) is 0 Å². The van der Waals surface area contributed by atoms with Gasteiger partial charge in [0, 0.05) is 0 Å². The van der Waals surface area contributed by atoms with Crippen molar-refractivity contribution >= 4 is 0 Å². The van der Waals surface area contributed by atoms with E-state index in [1.54, 1.807) is 13.8 Å². The zero-order valence-electron chi connectivity index (χ0n) is 5.58. The molecule has 0 aromatic heterocycles. The Bertz CT molecular complexity index is 56.0. The Hall–Kier alpha value is -0.110. The minimum atomic E-state index is -1.03. The molecule has 2 heteroatoms. The molecule has 0 unspecified atom stereocenters. The largest absolute Gasteiger partial charge is 0.330 e. The summed E-state index contributed by atoms with van der Waals surface area (Å²) in [6.07, 6.45) is 1.35. The van der Waals surface area contributed by atoms with Crippen LogP contribution < -0.4 is 5.73 Å². The van der Waals surface area contributed by atoms with E-state index in [4.69, 9.17) is 5.73 Å². The molecule has 0 fully saturated rings. The second-order valence-electron chi connectivity index (χ2n) is 2.61. The maximum absolute atomic E-state index is 12.5. The molecule has 0 aliphatic heterocycles. The van der Waals surface area contributed by atoms with Crippen molar-refractivity contribution in [2.75, 3.05) is 6.54 Å². The average molecular weight is 119 g/mol. The number of alkyl halides is 1.